The first kappa shape index (κ1) is 48.3. The van der Waals surface area contributed by atoms with Crippen molar-refractivity contribution in [2.45, 2.75) is 126 Å². The van der Waals surface area contributed by atoms with Crippen molar-refractivity contribution in [3.63, 3.8) is 0 Å². The van der Waals surface area contributed by atoms with Gasteiger partial charge in [0.05, 0.1) is 4.90 Å². The number of phenolic OH excluding ortho intramolecular Hbond substituents is 1. The zero-order valence-electron chi connectivity index (χ0n) is 32.1. The molecule has 4 rings (SSSR count). The Kier molecular flexibility index (Phi) is 22.3. The molecule has 0 radical (unpaired) electrons. The van der Waals surface area contributed by atoms with Gasteiger partial charge in [-0.2, -0.15) is 8.42 Å². The molecule has 0 atom stereocenters. The van der Waals surface area contributed by atoms with E-state index in [1.807, 2.05) is 12.1 Å². The van der Waals surface area contributed by atoms with Crippen molar-refractivity contribution in [2.75, 3.05) is 0 Å². The van der Waals surface area contributed by atoms with Crippen LogP contribution in [-0.4, -0.2) is 68.8 Å². The monoisotopic (exact) mass is 822 g/mol. The van der Waals surface area contributed by atoms with Crippen LogP contribution in [-0.2, 0) is 33.1 Å². The van der Waals surface area contributed by atoms with Gasteiger partial charge < -0.3 is 24.2 Å². The number of aromatic hydroxyl groups is 1. The molecule has 55 heavy (non-hydrogen) atoms. The van der Waals surface area contributed by atoms with Gasteiger partial charge >= 0.3 is 37.7 Å². The van der Waals surface area contributed by atoms with E-state index in [0.717, 1.165) is 57.1 Å². The molecular weight excluding hydrogens is 769 g/mol. The van der Waals surface area contributed by atoms with Gasteiger partial charge in [0.1, 0.15) is 43.8 Å². The molecule has 0 aliphatic heterocycles. The van der Waals surface area contributed by atoms with Gasteiger partial charge in [-0.25, -0.2) is 8.42 Å². The Hall–Kier alpha value is -2.84. The Morgan fingerprint density at radius 3 is 1.35 bits per heavy atom. The summed E-state index contributed by atoms with van der Waals surface area (Å²) in [7, 11) is -9.41. The molecule has 0 amide bonds. The number of aryl methyl sites for hydroxylation is 2. The second-order valence-electron chi connectivity index (χ2n) is 13.3. The molecule has 13 heteroatoms. The van der Waals surface area contributed by atoms with Crippen molar-refractivity contribution in [2.24, 2.45) is 0 Å². The normalized spacial score (nSPS) is 11.3. The molecule has 4 aromatic rings. The molecular formula is C42H54CaO10S2. The molecule has 0 spiro atoms. The van der Waals surface area contributed by atoms with Crippen LogP contribution >= 0.6 is 0 Å². The number of phenols is 1. The minimum atomic E-state index is -4.86. The van der Waals surface area contributed by atoms with Gasteiger partial charge in [-0.15, -0.1) is 0 Å². The molecule has 0 aliphatic carbocycles. The van der Waals surface area contributed by atoms with Crippen LogP contribution < -0.4 is 14.6 Å². The van der Waals surface area contributed by atoms with Gasteiger partial charge in [-0.3, -0.25) is 4.55 Å². The third-order valence-electron chi connectivity index (χ3n) is 8.84. The summed E-state index contributed by atoms with van der Waals surface area (Å²) >= 11 is 0. The Bertz CT molecular complexity index is 1780. The number of hydrogen-bond donors (Lipinski definition) is 2. The van der Waals surface area contributed by atoms with Crippen LogP contribution in [0.25, 0.3) is 0 Å². The summed E-state index contributed by atoms with van der Waals surface area (Å²) < 4.78 is 78.5. The Labute approximate surface area is 357 Å². The van der Waals surface area contributed by atoms with Gasteiger partial charge in [0, 0.05) is 6.07 Å². The SMILES string of the molecule is CCCCCCCCCc1cc(Oc2ccccc2)cc(S(=O)(=O)O)c1O.CCCCCCCCCc1cc(Oc2ccccc2)cc(S(=O)(=O)[O-])c1[O-].[Ca+2]. The number of rotatable bonds is 22. The first-order chi connectivity index (χ1) is 25.8. The van der Waals surface area contributed by atoms with E-state index < -0.39 is 41.5 Å². The van der Waals surface area contributed by atoms with E-state index in [4.69, 9.17) is 9.47 Å². The smallest absolute Gasteiger partial charge is 0.871 e. The zero-order valence-corrected chi connectivity index (χ0v) is 35.9. The Morgan fingerprint density at radius 1 is 0.545 bits per heavy atom. The number of benzene rings is 4. The molecule has 0 saturated carbocycles. The molecule has 0 unspecified atom stereocenters. The second-order valence-corrected chi connectivity index (χ2v) is 16.1. The maximum absolute atomic E-state index is 12.4. The minimum absolute atomic E-state index is 0. The summed E-state index contributed by atoms with van der Waals surface area (Å²) in [5.74, 6) is 0.400. The molecule has 2 N–H and O–H groups in total. The van der Waals surface area contributed by atoms with Crippen LogP contribution in [0.15, 0.2) is 94.7 Å². The average Bonchev–Trinajstić information content (AvgIpc) is 3.13. The van der Waals surface area contributed by atoms with Crippen LogP contribution in [0.2, 0.25) is 0 Å². The molecule has 0 aliphatic rings. The molecule has 0 heterocycles. The maximum Gasteiger partial charge on any atom is 2.00 e. The fraction of sp³-hybridized carbons (Fsp3) is 0.429. The van der Waals surface area contributed by atoms with Crippen molar-refractivity contribution in [3.05, 3.63) is 96.1 Å². The number of hydrogen-bond acceptors (Lipinski definition) is 9. The van der Waals surface area contributed by atoms with Gasteiger partial charge in [-0.1, -0.05) is 139 Å². The van der Waals surface area contributed by atoms with Gasteiger partial charge in [0.15, 0.2) is 0 Å². The van der Waals surface area contributed by atoms with E-state index in [1.165, 1.54) is 44.9 Å². The van der Waals surface area contributed by atoms with Crippen LogP contribution in [0.4, 0.5) is 0 Å². The van der Waals surface area contributed by atoms with Crippen LogP contribution in [0, 0.1) is 0 Å². The number of ether oxygens (including phenoxy) is 2. The number of para-hydroxylation sites is 2. The zero-order chi connectivity index (χ0) is 39.4. The molecule has 10 nitrogen and oxygen atoms in total. The van der Waals surface area contributed by atoms with Crippen molar-refractivity contribution in [1.29, 1.82) is 0 Å². The predicted octanol–water partition coefficient (Wildman–Crippen LogP) is 10.1. The van der Waals surface area contributed by atoms with Gasteiger partial charge in [0.2, 0.25) is 0 Å². The maximum atomic E-state index is 12.4. The molecule has 0 bridgehead atoms. The van der Waals surface area contributed by atoms with E-state index >= 15 is 0 Å². The van der Waals surface area contributed by atoms with E-state index in [1.54, 1.807) is 60.7 Å². The summed E-state index contributed by atoms with van der Waals surface area (Å²) in [4.78, 5) is -1.26. The van der Waals surface area contributed by atoms with E-state index in [0.29, 0.717) is 35.5 Å². The average molecular weight is 823 g/mol. The third kappa shape index (κ3) is 17.9. The summed E-state index contributed by atoms with van der Waals surface area (Å²) in [6.45, 7) is 4.35. The first-order valence-electron chi connectivity index (χ1n) is 18.9. The molecule has 0 fully saturated rings. The molecule has 296 valence electrons. The molecule has 0 aromatic heterocycles. The van der Waals surface area contributed by atoms with Crippen LogP contribution in [0.3, 0.4) is 0 Å². The topological polar surface area (TPSA) is 173 Å². The van der Waals surface area contributed by atoms with Crippen LogP contribution in [0.1, 0.15) is 115 Å². The standard InChI is InChI=1S/2C21H28O5S.Ca/c2*1-2-3-4-5-6-7-9-12-17-15-19(26-18-13-10-8-11-14-18)16-20(21(17)22)27(23,24)25;/h2*8,10-11,13-16,22H,2-7,9,12H2,1H3,(H,23,24,25);/q;;+2/p-2. The second kappa shape index (κ2) is 25.4. The van der Waals surface area contributed by atoms with Crippen molar-refractivity contribution in [3.8, 4) is 34.5 Å². The largest absolute Gasteiger partial charge is 2.00 e. The van der Waals surface area contributed by atoms with E-state index in [9.17, 15) is 36.2 Å². The van der Waals surface area contributed by atoms with E-state index in [2.05, 4.69) is 13.8 Å². The van der Waals surface area contributed by atoms with E-state index in [-0.39, 0.29) is 49.2 Å². The first-order valence-corrected chi connectivity index (χ1v) is 21.8. The fourth-order valence-electron chi connectivity index (χ4n) is 5.94. The fourth-order valence-corrected chi connectivity index (χ4v) is 7.20. The predicted molar refractivity (Wildman–Crippen MR) is 214 cm³/mol. The van der Waals surface area contributed by atoms with Gasteiger partial charge in [-0.05, 0) is 73.7 Å². The van der Waals surface area contributed by atoms with Crippen LogP contribution in [0.5, 0.6) is 34.5 Å². The Morgan fingerprint density at radius 2 is 0.927 bits per heavy atom. The summed E-state index contributed by atoms with van der Waals surface area (Å²) in [6, 6.07) is 23.1. The summed E-state index contributed by atoms with van der Waals surface area (Å²) in [6.07, 6.45) is 16.4. The van der Waals surface area contributed by atoms with Crippen molar-refractivity contribution < 1.29 is 45.6 Å². The van der Waals surface area contributed by atoms with Crippen molar-refractivity contribution in [1.82, 2.24) is 0 Å². The Balaban J connectivity index is 0.000000373. The third-order valence-corrected chi connectivity index (χ3v) is 10.5. The molecule has 4 aromatic carbocycles. The summed E-state index contributed by atoms with van der Waals surface area (Å²) in [5.41, 5.74) is 0.774. The van der Waals surface area contributed by atoms with Gasteiger partial charge in [0.25, 0.3) is 10.1 Å². The number of unbranched alkanes of at least 4 members (excludes halogenated alkanes) is 12. The minimum Gasteiger partial charge on any atom is -0.871 e. The quantitative estimate of drug-likeness (QED) is 0.0441. The van der Waals surface area contributed by atoms with Crippen molar-refractivity contribution >= 4 is 58.0 Å². The summed E-state index contributed by atoms with van der Waals surface area (Å²) in [5, 5.41) is 22.7. The molecule has 0 saturated heterocycles.